The molecule has 0 unspecified atom stereocenters. The van der Waals surface area contributed by atoms with Crippen LogP contribution in [-0.2, 0) is 0 Å². The summed E-state index contributed by atoms with van der Waals surface area (Å²) in [5.41, 5.74) is 3.92. The van der Waals surface area contributed by atoms with Gasteiger partial charge in [0.15, 0.2) is 0 Å². The van der Waals surface area contributed by atoms with Crippen molar-refractivity contribution in [3.8, 4) is 5.75 Å². The number of carbonyl (C=O) groups excluding carboxylic acids is 1. The first kappa shape index (κ1) is 15.5. The molecule has 0 radical (unpaired) electrons. The summed E-state index contributed by atoms with van der Waals surface area (Å²) in [5.74, 6) is 0.267. The molecule has 0 aromatic heterocycles. The topological polar surface area (TPSA) is 50.7 Å². The average molecular weight is 394 g/mol. The molecule has 2 aromatic carbocycles. The van der Waals surface area contributed by atoms with Gasteiger partial charge in [-0.25, -0.2) is 5.43 Å². The van der Waals surface area contributed by atoms with E-state index < -0.39 is 0 Å². The number of hydrogen-bond donors (Lipinski definition) is 1. The van der Waals surface area contributed by atoms with Gasteiger partial charge in [0.05, 0.1) is 18.4 Å². The molecule has 108 valence electrons. The van der Waals surface area contributed by atoms with E-state index in [-0.39, 0.29) is 5.91 Å². The Kier molecular flexibility index (Phi) is 5.74. The fourth-order valence-electron chi connectivity index (χ4n) is 1.75. The summed E-state index contributed by atoms with van der Waals surface area (Å²) < 4.78 is 6.54. The Bertz CT molecular complexity index is 656. The lowest BCUT2D eigenvalue weighted by atomic mass is 10.2. The number of amides is 1. The molecule has 5 heteroatoms. The van der Waals surface area contributed by atoms with E-state index >= 15 is 0 Å². The highest BCUT2D eigenvalue weighted by Crippen LogP contribution is 2.17. The monoisotopic (exact) mass is 394 g/mol. The number of ether oxygens (including phenoxy) is 1. The average Bonchev–Trinajstić information content (AvgIpc) is 2.48. The minimum absolute atomic E-state index is 0.291. The van der Waals surface area contributed by atoms with Gasteiger partial charge in [0.1, 0.15) is 5.75 Å². The summed E-state index contributed by atoms with van der Waals surface area (Å²) in [6, 6.07) is 14.9. The van der Waals surface area contributed by atoms with Crippen molar-refractivity contribution in [1.29, 1.82) is 0 Å². The van der Waals surface area contributed by atoms with Crippen LogP contribution in [0.15, 0.2) is 53.6 Å². The summed E-state index contributed by atoms with van der Waals surface area (Å²) in [6.07, 6.45) is 1.61. The number of carbonyl (C=O) groups is 1. The van der Waals surface area contributed by atoms with Crippen LogP contribution in [0.25, 0.3) is 0 Å². The standard InChI is InChI=1S/C16H15IN2O2/c1-2-21-15-9-4-3-8-14(15)16(20)19-18-11-12-6-5-7-13(17)10-12/h3-11H,2H2,1H3,(H,19,20)/b18-11-. The molecule has 0 fully saturated rings. The predicted molar refractivity (Wildman–Crippen MR) is 91.8 cm³/mol. The van der Waals surface area contributed by atoms with Crippen LogP contribution in [0.2, 0.25) is 0 Å². The lowest BCUT2D eigenvalue weighted by Crippen LogP contribution is -2.18. The summed E-state index contributed by atoms with van der Waals surface area (Å²) in [7, 11) is 0. The Hall–Kier alpha value is -1.89. The van der Waals surface area contributed by atoms with Gasteiger partial charge in [-0.15, -0.1) is 0 Å². The number of para-hydroxylation sites is 1. The molecular formula is C16H15IN2O2. The largest absolute Gasteiger partial charge is 0.493 e. The summed E-state index contributed by atoms with van der Waals surface area (Å²) in [6.45, 7) is 2.39. The summed E-state index contributed by atoms with van der Waals surface area (Å²) in [4.78, 5) is 12.1. The van der Waals surface area contributed by atoms with E-state index in [9.17, 15) is 4.79 Å². The van der Waals surface area contributed by atoms with Crippen LogP contribution in [0.5, 0.6) is 5.75 Å². The molecule has 1 N–H and O–H groups in total. The van der Waals surface area contributed by atoms with E-state index in [1.807, 2.05) is 37.3 Å². The van der Waals surface area contributed by atoms with Crippen LogP contribution in [-0.4, -0.2) is 18.7 Å². The van der Waals surface area contributed by atoms with Crippen molar-refractivity contribution in [1.82, 2.24) is 5.43 Å². The van der Waals surface area contributed by atoms with Gasteiger partial charge in [-0.1, -0.05) is 24.3 Å². The second-order valence-electron chi connectivity index (χ2n) is 4.18. The smallest absolute Gasteiger partial charge is 0.275 e. The van der Waals surface area contributed by atoms with E-state index in [0.29, 0.717) is 17.9 Å². The molecule has 2 aromatic rings. The van der Waals surface area contributed by atoms with Gasteiger partial charge in [0.25, 0.3) is 5.91 Å². The minimum Gasteiger partial charge on any atom is -0.493 e. The van der Waals surface area contributed by atoms with Gasteiger partial charge >= 0.3 is 0 Å². The van der Waals surface area contributed by atoms with Crippen LogP contribution in [0.4, 0.5) is 0 Å². The Morgan fingerprint density at radius 1 is 1.29 bits per heavy atom. The van der Waals surface area contributed by atoms with Crippen LogP contribution in [0.1, 0.15) is 22.8 Å². The minimum atomic E-state index is -0.291. The van der Waals surface area contributed by atoms with Gasteiger partial charge in [0.2, 0.25) is 0 Å². The van der Waals surface area contributed by atoms with E-state index in [1.165, 1.54) is 0 Å². The highest BCUT2D eigenvalue weighted by Gasteiger charge is 2.10. The Labute approximate surface area is 137 Å². The first-order chi connectivity index (χ1) is 10.2. The van der Waals surface area contributed by atoms with Crippen molar-refractivity contribution in [2.45, 2.75) is 6.92 Å². The fraction of sp³-hybridized carbons (Fsp3) is 0.125. The highest BCUT2D eigenvalue weighted by molar-refractivity contribution is 14.1. The van der Waals surface area contributed by atoms with Crippen molar-refractivity contribution in [2.24, 2.45) is 5.10 Å². The number of nitrogens with zero attached hydrogens (tertiary/aromatic N) is 1. The number of rotatable bonds is 5. The fourth-order valence-corrected chi connectivity index (χ4v) is 2.32. The molecule has 4 nitrogen and oxygen atoms in total. The van der Waals surface area contributed by atoms with Crippen LogP contribution in [0, 0.1) is 3.57 Å². The first-order valence-electron chi connectivity index (χ1n) is 6.51. The number of benzene rings is 2. The van der Waals surface area contributed by atoms with E-state index in [4.69, 9.17) is 4.74 Å². The Morgan fingerprint density at radius 2 is 2.10 bits per heavy atom. The Balaban J connectivity index is 2.05. The quantitative estimate of drug-likeness (QED) is 0.480. The Morgan fingerprint density at radius 3 is 2.86 bits per heavy atom. The van der Waals surface area contributed by atoms with E-state index in [2.05, 4.69) is 33.1 Å². The second kappa shape index (κ2) is 7.78. The number of hydrazone groups is 1. The molecule has 1 amide bonds. The van der Waals surface area contributed by atoms with Gasteiger partial charge in [-0.2, -0.15) is 5.10 Å². The number of nitrogens with one attached hydrogen (secondary N) is 1. The zero-order chi connectivity index (χ0) is 15.1. The third-order valence-electron chi connectivity index (χ3n) is 2.66. The second-order valence-corrected chi connectivity index (χ2v) is 5.43. The molecular weight excluding hydrogens is 379 g/mol. The highest BCUT2D eigenvalue weighted by atomic mass is 127. The predicted octanol–water partition coefficient (Wildman–Crippen LogP) is 3.45. The molecule has 0 spiro atoms. The molecule has 0 heterocycles. The van der Waals surface area contributed by atoms with E-state index in [0.717, 1.165) is 9.13 Å². The van der Waals surface area contributed by atoms with Crippen molar-refractivity contribution in [3.05, 3.63) is 63.2 Å². The molecule has 0 aliphatic rings. The summed E-state index contributed by atoms with van der Waals surface area (Å²) >= 11 is 2.23. The molecule has 0 bridgehead atoms. The van der Waals surface area contributed by atoms with E-state index in [1.54, 1.807) is 24.4 Å². The zero-order valence-electron chi connectivity index (χ0n) is 11.5. The summed E-state index contributed by atoms with van der Waals surface area (Å²) in [5, 5.41) is 3.98. The number of halogens is 1. The van der Waals surface area contributed by atoms with Gasteiger partial charge in [0, 0.05) is 3.57 Å². The maximum Gasteiger partial charge on any atom is 0.275 e. The van der Waals surface area contributed by atoms with Gasteiger partial charge < -0.3 is 4.74 Å². The molecule has 2 rings (SSSR count). The van der Waals surface area contributed by atoms with Crippen LogP contribution < -0.4 is 10.2 Å². The first-order valence-corrected chi connectivity index (χ1v) is 7.59. The molecule has 0 aliphatic carbocycles. The molecule has 0 saturated heterocycles. The maximum absolute atomic E-state index is 12.1. The van der Waals surface area contributed by atoms with Crippen LogP contribution >= 0.6 is 22.6 Å². The molecule has 0 saturated carbocycles. The normalized spacial score (nSPS) is 10.6. The third kappa shape index (κ3) is 4.56. The SMILES string of the molecule is CCOc1ccccc1C(=O)N/N=C\c1cccc(I)c1. The molecule has 0 atom stereocenters. The zero-order valence-corrected chi connectivity index (χ0v) is 13.7. The van der Waals surface area contributed by atoms with Crippen molar-refractivity contribution >= 4 is 34.7 Å². The molecule has 0 aliphatic heterocycles. The van der Waals surface area contributed by atoms with Crippen molar-refractivity contribution in [3.63, 3.8) is 0 Å². The van der Waals surface area contributed by atoms with Crippen molar-refractivity contribution < 1.29 is 9.53 Å². The molecule has 21 heavy (non-hydrogen) atoms. The third-order valence-corrected chi connectivity index (χ3v) is 3.33. The van der Waals surface area contributed by atoms with Gasteiger partial charge in [-0.05, 0) is 59.3 Å². The maximum atomic E-state index is 12.1. The van der Waals surface area contributed by atoms with Crippen LogP contribution in [0.3, 0.4) is 0 Å². The lowest BCUT2D eigenvalue weighted by molar-refractivity contribution is 0.0951. The van der Waals surface area contributed by atoms with Crippen molar-refractivity contribution in [2.75, 3.05) is 6.61 Å². The van der Waals surface area contributed by atoms with Gasteiger partial charge in [-0.3, -0.25) is 4.79 Å². The number of hydrogen-bond acceptors (Lipinski definition) is 3. The lowest BCUT2D eigenvalue weighted by Gasteiger charge is -2.08.